The molecule has 0 N–H and O–H groups in total. The van der Waals surface area contributed by atoms with Crippen LogP contribution in [0, 0.1) is 0 Å². The molecule has 0 atom stereocenters. The van der Waals surface area contributed by atoms with Crippen LogP contribution < -0.4 is 0 Å². The van der Waals surface area contributed by atoms with Crippen molar-refractivity contribution in [1.82, 2.24) is 4.90 Å². The van der Waals surface area contributed by atoms with Crippen LogP contribution in [0.4, 0.5) is 0 Å². The SMILES string of the molecule is CSCCOCCN1CCCCC1. The zero-order chi connectivity index (χ0) is 9.36. The predicted molar refractivity (Wildman–Crippen MR) is 59.5 cm³/mol. The number of likely N-dealkylation sites (tertiary alicyclic amines) is 1. The molecule has 1 aliphatic rings. The van der Waals surface area contributed by atoms with Gasteiger partial charge in [-0.3, -0.25) is 0 Å². The van der Waals surface area contributed by atoms with Crippen molar-refractivity contribution < 1.29 is 4.74 Å². The zero-order valence-corrected chi connectivity index (χ0v) is 9.44. The van der Waals surface area contributed by atoms with E-state index in [0.29, 0.717) is 0 Å². The molecule has 3 heteroatoms. The summed E-state index contributed by atoms with van der Waals surface area (Å²) in [6, 6.07) is 0. The van der Waals surface area contributed by atoms with Gasteiger partial charge in [0.25, 0.3) is 0 Å². The Morgan fingerprint density at radius 3 is 2.62 bits per heavy atom. The van der Waals surface area contributed by atoms with E-state index in [1.807, 2.05) is 11.8 Å². The van der Waals surface area contributed by atoms with Crippen LogP contribution in [0.5, 0.6) is 0 Å². The minimum atomic E-state index is 0.912. The topological polar surface area (TPSA) is 12.5 Å². The fourth-order valence-electron chi connectivity index (χ4n) is 1.62. The molecule has 0 amide bonds. The van der Waals surface area contributed by atoms with Gasteiger partial charge in [0.2, 0.25) is 0 Å². The van der Waals surface area contributed by atoms with E-state index in [-0.39, 0.29) is 0 Å². The number of rotatable bonds is 6. The van der Waals surface area contributed by atoms with E-state index in [1.165, 1.54) is 32.4 Å². The first-order valence-corrected chi connectivity index (χ1v) is 6.62. The lowest BCUT2D eigenvalue weighted by Gasteiger charge is -2.26. The average molecular weight is 203 g/mol. The highest BCUT2D eigenvalue weighted by Crippen LogP contribution is 2.07. The Morgan fingerprint density at radius 1 is 1.15 bits per heavy atom. The van der Waals surface area contributed by atoms with Gasteiger partial charge in [0.1, 0.15) is 0 Å². The molecular formula is C10H21NOS. The standard InChI is InChI=1S/C10H21NOS/c1-13-10-9-12-8-7-11-5-3-2-4-6-11/h2-10H2,1H3. The molecule has 0 aliphatic carbocycles. The second-order valence-electron chi connectivity index (χ2n) is 3.51. The molecule has 13 heavy (non-hydrogen) atoms. The minimum Gasteiger partial charge on any atom is -0.379 e. The van der Waals surface area contributed by atoms with Gasteiger partial charge < -0.3 is 9.64 Å². The average Bonchev–Trinajstić information content (AvgIpc) is 2.19. The van der Waals surface area contributed by atoms with Crippen LogP contribution in [0.1, 0.15) is 19.3 Å². The molecule has 0 aromatic rings. The molecule has 1 saturated heterocycles. The van der Waals surface area contributed by atoms with Crippen LogP contribution >= 0.6 is 11.8 Å². The number of nitrogens with zero attached hydrogens (tertiary/aromatic N) is 1. The molecule has 0 saturated carbocycles. The number of thioether (sulfide) groups is 1. The summed E-state index contributed by atoms with van der Waals surface area (Å²) in [5, 5.41) is 0. The van der Waals surface area contributed by atoms with Gasteiger partial charge in [0.05, 0.1) is 13.2 Å². The monoisotopic (exact) mass is 203 g/mol. The third-order valence-electron chi connectivity index (χ3n) is 2.43. The molecule has 78 valence electrons. The molecule has 0 bridgehead atoms. The third-order valence-corrected chi connectivity index (χ3v) is 3.01. The van der Waals surface area contributed by atoms with Crippen molar-refractivity contribution in [2.45, 2.75) is 19.3 Å². The Morgan fingerprint density at radius 2 is 1.92 bits per heavy atom. The summed E-state index contributed by atoms with van der Waals surface area (Å²) in [6.07, 6.45) is 6.30. The van der Waals surface area contributed by atoms with Crippen molar-refractivity contribution in [2.75, 3.05) is 44.9 Å². The van der Waals surface area contributed by atoms with Gasteiger partial charge in [0, 0.05) is 12.3 Å². The highest BCUT2D eigenvalue weighted by molar-refractivity contribution is 7.98. The largest absolute Gasteiger partial charge is 0.379 e. The molecule has 0 spiro atoms. The lowest BCUT2D eigenvalue weighted by molar-refractivity contribution is 0.107. The second kappa shape index (κ2) is 7.65. The van der Waals surface area contributed by atoms with Crippen molar-refractivity contribution in [2.24, 2.45) is 0 Å². The van der Waals surface area contributed by atoms with Gasteiger partial charge >= 0.3 is 0 Å². The first-order valence-electron chi connectivity index (χ1n) is 5.22. The quantitative estimate of drug-likeness (QED) is 0.611. The summed E-state index contributed by atoms with van der Waals surface area (Å²) in [6.45, 7) is 5.53. The normalized spacial score (nSPS) is 19.2. The zero-order valence-electron chi connectivity index (χ0n) is 8.63. The maximum atomic E-state index is 5.51. The number of hydrogen-bond acceptors (Lipinski definition) is 3. The van der Waals surface area contributed by atoms with E-state index in [0.717, 1.165) is 25.5 Å². The van der Waals surface area contributed by atoms with Crippen LogP contribution in [0.2, 0.25) is 0 Å². The Hall–Kier alpha value is 0.270. The summed E-state index contributed by atoms with van der Waals surface area (Å²) in [4.78, 5) is 2.52. The van der Waals surface area contributed by atoms with Crippen LogP contribution in [0.15, 0.2) is 0 Å². The third kappa shape index (κ3) is 5.55. The van der Waals surface area contributed by atoms with Crippen molar-refractivity contribution >= 4 is 11.8 Å². The number of ether oxygens (including phenoxy) is 1. The van der Waals surface area contributed by atoms with Crippen LogP contribution in [0.25, 0.3) is 0 Å². The van der Waals surface area contributed by atoms with E-state index in [2.05, 4.69) is 11.2 Å². The smallest absolute Gasteiger partial charge is 0.0593 e. The van der Waals surface area contributed by atoms with Crippen molar-refractivity contribution in [3.05, 3.63) is 0 Å². The van der Waals surface area contributed by atoms with Gasteiger partial charge in [-0.15, -0.1) is 0 Å². The molecule has 1 heterocycles. The van der Waals surface area contributed by atoms with E-state index in [1.54, 1.807) is 0 Å². The molecule has 0 aromatic heterocycles. The highest BCUT2D eigenvalue weighted by Gasteiger charge is 2.08. The van der Waals surface area contributed by atoms with Gasteiger partial charge in [0.15, 0.2) is 0 Å². The molecule has 1 fully saturated rings. The summed E-state index contributed by atoms with van der Waals surface area (Å²) in [5.74, 6) is 1.12. The Labute approximate surface area is 86.0 Å². The van der Waals surface area contributed by atoms with Gasteiger partial charge in [-0.05, 0) is 32.2 Å². The van der Waals surface area contributed by atoms with Crippen molar-refractivity contribution in [3.63, 3.8) is 0 Å². The Kier molecular flexibility index (Phi) is 6.68. The summed E-state index contributed by atoms with van der Waals surface area (Å²) >= 11 is 1.85. The Balaban J connectivity index is 1.86. The fraction of sp³-hybridized carbons (Fsp3) is 1.00. The van der Waals surface area contributed by atoms with E-state index >= 15 is 0 Å². The van der Waals surface area contributed by atoms with Crippen molar-refractivity contribution in [3.8, 4) is 0 Å². The number of hydrogen-bond donors (Lipinski definition) is 0. The fourth-order valence-corrected chi connectivity index (χ4v) is 1.91. The van der Waals surface area contributed by atoms with Crippen LogP contribution in [-0.4, -0.2) is 49.8 Å². The molecule has 0 unspecified atom stereocenters. The Bertz CT molecular complexity index is 115. The van der Waals surface area contributed by atoms with E-state index < -0.39 is 0 Å². The van der Waals surface area contributed by atoms with Crippen LogP contribution in [-0.2, 0) is 4.74 Å². The molecular weight excluding hydrogens is 182 g/mol. The molecule has 0 radical (unpaired) electrons. The van der Waals surface area contributed by atoms with Gasteiger partial charge in [-0.1, -0.05) is 6.42 Å². The van der Waals surface area contributed by atoms with Gasteiger partial charge in [-0.2, -0.15) is 11.8 Å². The second-order valence-corrected chi connectivity index (χ2v) is 4.49. The maximum Gasteiger partial charge on any atom is 0.0593 e. The lowest BCUT2D eigenvalue weighted by Crippen LogP contribution is -2.32. The van der Waals surface area contributed by atoms with Gasteiger partial charge in [-0.25, -0.2) is 0 Å². The lowest BCUT2D eigenvalue weighted by atomic mass is 10.1. The van der Waals surface area contributed by atoms with E-state index in [4.69, 9.17) is 4.74 Å². The predicted octanol–water partition coefficient (Wildman–Crippen LogP) is 1.85. The first-order chi connectivity index (χ1) is 6.43. The molecule has 1 rings (SSSR count). The minimum absolute atomic E-state index is 0.912. The summed E-state index contributed by atoms with van der Waals surface area (Å²) in [7, 11) is 0. The van der Waals surface area contributed by atoms with E-state index in [9.17, 15) is 0 Å². The number of piperidine rings is 1. The molecule has 1 aliphatic heterocycles. The molecule has 2 nitrogen and oxygen atoms in total. The van der Waals surface area contributed by atoms with Crippen LogP contribution in [0.3, 0.4) is 0 Å². The highest BCUT2D eigenvalue weighted by atomic mass is 32.2. The summed E-state index contributed by atoms with van der Waals surface area (Å²) < 4.78 is 5.51. The van der Waals surface area contributed by atoms with Crippen molar-refractivity contribution in [1.29, 1.82) is 0 Å². The maximum absolute atomic E-state index is 5.51. The first kappa shape index (κ1) is 11.3. The summed E-state index contributed by atoms with van der Waals surface area (Å²) in [5.41, 5.74) is 0. The molecule has 0 aromatic carbocycles.